The number of guanidine groups is 1. The number of nitrogens with one attached hydrogen (secondary N) is 2. The first-order chi connectivity index (χ1) is 11.6. The van der Waals surface area contributed by atoms with Crippen LogP contribution in [0.25, 0.3) is 0 Å². The SMILES string of the molecule is CN=C(NCCCOc1ccc(F)cc1)NCc1nc(C)c(C)o1. The Morgan fingerprint density at radius 2 is 2.00 bits per heavy atom. The van der Waals surface area contributed by atoms with Gasteiger partial charge in [0.05, 0.1) is 18.8 Å². The molecule has 0 aliphatic carbocycles. The van der Waals surface area contributed by atoms with Gasteiger partial charge in [-0.2, -0.15) is 0 Å². The lowest BCUT2D eigenvalue weighted by atomic mass is 10.3. The lowest BCUT2D eigenvalue weighted by Gasteiger charge is -2.11. The van der Waals surface area contributed by atoms with Gasteiger partial charge in [-0.1, -0.05) is 0 Å². The maximum atomic E-state index is 12.8. The molecule has 0 fully saturated rings. The molecule has 1 aromatic heterocycles. The van der Waals surface area contributed by atoms with E-state index in [4.69, 9.17) is 9.15 Å². The number of nitrogens with zero attached hydrogens (tertiary/aromatic N) is 2. The molecule has 0 bridgehead atoms. The van der Waals surface area contributed by atoms with Crippen LogP contribution >= 0.6 is 0 Å². The number of rotatable bonds is 7. The number of halogens is 1. The topological polar surface area (TPSA) is 71.7 Å². The third-order valence-corrected chi connectivity index (χ3v) is 3.40. The van der Waals surface area contributed by atoms with Gasteiger partial charge in [-0.05, 0) is 44.5 Å². The Morgan fingerprint density at radius 1 is 1.25 bits per heavy atom. The molecule has 0 saturated heterocycles. The van der Waals surface area contributed by atoms with Crippen molar-refractivity contribution >= 4 is 5.96 Å². The van der Waals surface area contributed by atoms with E-state index in [2.05, 4.69) is 20.6 Å². The molecule has 0 aliphatic rings. The molecule has 2 N–H and O–H groups in total. The second-order valence-corrected chi connectivity index (χ2v) is 5.26. The van der Waals surface area contributed by atoms with Crippen molar-refractivity contribution in [2.75, 3.05) is 20.2 Å². The van der Waals surface area contributed by atoms with Crippen LogP contribution in [0.4, 0.5) is 4.39 Å². The van der Waals surface area contributed by atoms with Gasteiger partial charge in [0.1, 0.15) is 17.3 Å². The van der Waals surface area contributed by atoms with Gasteiger partial charge in [0.15, 0.2) is 5.96 Å². The van der Waals surface area contributed by atoms with Crippen LogP contribution in [-0.2, 0) is 6.54 Å². The van der Waals surface area contributed by atoms with Crippen LogP contribution in [0.1, 0.15) is 23.8 Å². The minimum atomic E-state index is -0.268. The Kier molecular flexibility index (Phi) is 6.60. The van der Waals surface area contributed by atoms with Crippen molar-refractivity contribution in [1.82, 2.24) is 15.6 Å². The highest BCUT2D eigenvalue weighted by molar-refractivity contribution is 5.79. The lowest BCUT2D eigenvalue weighted by molar-refractivity contribution is 0.310. The van der Waals surface area contributed by atoms with Gasteiger partial charge in [-0.25, -0.2) is 9.37 Å². The number of oxazole rings is 1. The van der Waals surface area contributed by atoms with Gasteiger partial charge in [0.25, 0.3) is 0 Å². The van der Waals surface area contributed by atoms with E-state index in [0.717, 1.165) is 17.9 Å². The maximum absolute atomic E-state index is 12.8. The van der Waals surface area contributed by atoms with E-state index in [1.807, 2.05) is 13.8 Å². The first-order valence-corrected chi connectivity index (χ1v) is 7.84. The summed E-state index contributed by atoms with van der Waals surface area (Å²) in [5.41, 5.74) is 0.896. The second-order valence-electron chi connectivity index (χ2n) is 5.26. The Labute approximate surface area is 141 Å². The molecule has 130 valence electrons. The second kappa shape index (κ2) is 8.90. The van der Waals surface area contributed by atoms with Crippen LogP contribution in [0, 0.1) is 19.7 Å². The number of aromatic nitrogens is 1. The summed E-state index contributed by atoms with van der Waals surface area (Å²) < 4.78 is 23.8. The molecule has 2 aromatic rings. The number of ether oxygens (including phenoxy) is 1. The predicted molar refractivity (Wildman–Crippen MR) is 90.7 cm³/mol. The average molecular weight is 334 g/mol. The summed E-state index contributed by atoms with van der Waals surface area (Å²) in [7, 11) is 1.70. The van der Waals surface area contributed by atoms with E-state index in [1.54, 1.807) is 19.2 Å². The Hall–Kier alpha value is -2.57. The van der Waals surface area contributed by atoms with Gasteiger partial charge >= 0.3 is 0 Å². The summed E-state index contributed by atoms with van der Waals surface area (Å²) in [6.07, 6.45) is 0.787. The first kappa shape index (κ1) is 17.8. The highest BCUT2D eigenvalue weighted by Gasteiger charge is 2.06. The molecule has 2 rings (SSSR count). The van der Waals surface area contributed by atoms with Crippen molar-refractivity contribution in [2.45, 2.75) is 26.8 Å². The Morgan fingerprint density at radius 3 is 2.62 bits per heavy atom. The van der Waals surface area contributed by atoms with E-state index in [9.17, 15) is 4.39 Å². The molecule has 1 aromatic carbocycles. The summed E-state index contributed by atoms with van der Waals surface area (Å²) in [5, 5.41) is 6.33. The molecule has 0 unspecified atom stereocenters. The molecule has 0 spiro atoms. The Bertz CT molecular complexity index is 648. The minimum absolute atomic E-state index is 0.268. The molecule has 0 aliphatic heterocycles. The molecule has 1 heterocycles. The molecule has 24 heavy (non-hydrogen) atoms. The van der Waals surface area contributed by atoms with Gasteiger partial charge in [0.2, 0.25) is 5.89 Å². The molecule has 7 heteroatoms. The molecule has 0 saturated carbocycles. The van der Waals surface area contributed by atoms with E-state index >= 15 is 0 Å². The third kappa shape index (κ3) is 5.57. The summed E-state index contributed by atoms with van der Waals surface area (Å²) in [4.78, 5) is 8.45. The molecular formula is C17H23FN4O2. The van der Waals surface area contributed by atoms with Crippen LogP contribution in [0.5, 0.6) is 5.75 Å². The minimum Gasteiger partial charge on any atom is -0.494 e. The summed E-state index contributed by atoms with van der Waals surface area (Å²) in [6.45, 7) is 5.51. The van der Waals surface area contributed by atoms with Crippen LogP contribution in [0.3, 0.4) is 0 Å². The fourth-order valence-corrected chi connectivity index (χ4v) is 1.99. The zero-order valence-electron chi connectivity index (χ0n) is 14.2. The summed E-state index contributed by atoms with van der Waals surface area (Å²) >= 11 is 0. The van der Waals surface area contributed by atoms with E-state index < -0.39 is 0 Å². The van der Waals surface area contributed by atoms with Crippen molar-refractivity contribution < 1.29 is 13.5 Å². The summed E-state index contributed by atoms with van der Waals surface area (Å²) in [5.74, 6) is 2.52. The van der Waals surface area contributed by atoms with Crippen molar-refractivity contribution in [3.8, 4) is 5.75 Å². The first-order valence-electron chi connectivity index (χ1n) is 7.84. The number of hydrogen-bond donors (Lipinski definition) is 2. The zero-order chi connectivity index (χ0) is 17.4. The predicted octanol–water partition coefficient (Wildman–Crippen LogP) is 2.56. The third-order valence-electron chi connectivity index (χ3n) is 3.40. The maximum Gasteiger partial charge on any atom is 0.214 e. The van der Waals surface area contributed by atoms with Gasteiger partial charge in [-0.15, -0.1) is 0 Å². The highest BCUT2D eigenvalue weighted by Crippen LogP contribution is 2.11. The largest absolute Gasteiger partial charge is 0.494 e. The fourth-order valence-electron chi connectivity index (χ4n) is 1.99. The Balaban J connectivity index is 1.63. The van der Waals surface area contributed by atoms with Crippen molar-refractivity contribution in [2.24, 2.45) is 4.99 Å². The van der Waals surface area contributed by atoms with E-state index in [-0.39, 0.29) is 5.82 Å². The van der Waals surface area contributed by atoms with Crippen molar-refractivity contribution in [3.05, 3.63) is 47.4 Å². The van der Waals surface area contributed by atoms with E-state index in [0.29, 0.717) is 37.3 Å². The normalized spacial score (nSPS) is 11.4. The number of aliphatic imine (C=N–C) groups is 1. The average Bonchev–Trinajstić information content (AvgIpc) is 2.90. The molecular weight excluding hydrogens is 311 g/mol. The highest BCUT2D eigenvalue weighted by atomic mass is 19.1. The van der Waals surface area contributed by atoms with Gasteiger partial charge in [-0.3, -0.25) is 4.99 Å². The van der Waals surface area contributed by atoms with Crippen LogP contribution < -0.4 is 15.4 Å². The standard InChI is InChI=1S/C17H23FN4O2/c1-12-13(2)24-16(22-12)11-21-17(19-3)20-9-4-10-23-15-7-5-14(18)6-8-15/h5-8H,4,9-11H2,1-3H3,(H2,19,20,21). The lowest BCUT2D eigenvalue weighted by Crippen LogP contribution is -2.37. The summed E-state index contributed by atoms with van der Waals surface area (Å²) in [6, 6.07) is 5.99. The zero-order valence-corrected chi connectivity index (χ0v) is 14.2. The molecule has 0 radical (unpaired) electrons. The van der Waals surface area contributed by atoms with E-state index in [1.165, 1.54) is 12.1 Å². The van der Waals surface area contributed by atoms with Crippen LogP contribution in [0.15, 0.2) is 33.7 Å². The fraction of sp³-hybridized carbons (Fsp3) is 0.412. The number of hydrogen-bond acceptors (Lipinski definition) is 4. The number of benzene rings is 1. The number of aryl methyl sites for hydroxylation is 2. The van der Waals surface area contributed by atoms with Crippen LogP contribution in [-0.4, -0.2) is 31.1 Å². The molecule has 0 atom stereocenters. The van der Waals surface area contributed by atoms with Gasteiger partial charge in [0, 0.05) is 13.6 Å². The molecule has 6 nitrogen and oxygen atoms in total. The smallest absolute Gasteiger partial charge is 0.214 e. The molecule has 0 amide bonds. The van der Waals surface area contributed by atoms with Gasteiger partial charge < -0.3 is 19.8 Å². The van der Waals surface area contributed by atoms with Crippen molar-refractivity contribution in [3.63, 3.8) is 0 Å². The monoisotopic (exact) mass is 334 g/mol. The van der Waals surface area contributed by atoms with Crippen LogP contribution in [0.2, 0.25) is 0 Å². The quantitative estimate of drug-likeness (QED) is 0.463. The van der Waals surface area contributed by atoms with Crippen molar-refractivity contribution in [1.29, 1.82) is 0 Å².